The number of hydrogen-bond acceptors (Lipinski definition) is 4. The summed E-state index contributed by atoms with van der Waals surface area (Å²) < 4.78 is 13.9. The number of hydrogen-bond donors (Lipinski definition) is 1. The van der Waals surface area contributed by atoms with E-state index in [4.69, 9.17) is 0 Å². The van der Waals surface area contributed by atoms with Crippen LogP contribution in [0.25, 0.3) is 0 Å². The first kappa shape index (κ1) is 20.0. The number of nitrogens with zero attached hydrogens (tertiary/aromatic N) is 3. The van der Waals surface area contributed by atoms with Crippen LogP contribution in [0.15, 0.2) is 54.7 Å². The molecule has 1 aromatic heterocycles. The van der Waals surface area contributed by atoms with Crippen molar-refractivity contribution in [2.45, 2.75) is 32.6 Å². The first-order chi connectivity index (χ1) is 14.5. The summed E-state index contributed by atoms with van der Waals surface area (Å²) in [6.07, 6.45) is 3.55. The molecule has 1 atom stereocenters. The predicted molar refractivity (Wildman–Crippen MR) is 116 cm³/mol. The molecule has 1 fully saturated rings. The Hall–Kier alpha value is -3.28. The van der Waals surface area contributed by atoms with Gasteiger partial charge in [0.1, 0.15) is 5.82 Å². The van der Waals surface area contributed by atoms with Crippen LogP contribution in [0.5, 0.6) is 0 Å². The second kappa shape index (κ2) is 8.61. The first-order valence-electron chi connectivity index (χ1n) is 10.2. The SMILES string of the molecule is Cc1cc(C)cc(C(=O)N2CCCC(c3ccnc(Nc4ccccc4F)n3)C2)c1. The smallest absolute Gasteiger partial charge is 0.253 e. The average Bonchev–Trinajstić information content (AvgIpc) is 2.74. The van der Waals surface area contributed by atoms with Gasteiger partial charge in [-0.25, -0.2) is 14.4 Å². The highest BCUT2D eigenvalue weighted by Gasteiger charge is 2.27. The number of nitrogens with one attached hydrogen (secondary N) is 1. The molecule has 5 nitrogen and oxygen atoms in total. The van der Waals surface area contributed by atoms with Crippen LogP contribution < -0.4 is 5.32 Å². The van der Waals surface area contributed by atoms with Gasteiger partial charge in [0.25, 0.3) is 5.91 Å². The summed E-state index contributed by atoms with van der Waals surface area (Å²) >= 11 is 0. The van der Waals surface area contributed by atoms with Crippen molar-refractivity contribution in [1.29, 1.82) is 0 Å². The maximum Gasteiger partial charge on any atom is 0.253 e. The van der Waals surface area contributed by atoms with Crippen LogP contribution in [0.3, 0.4) is 0 Å². The minimum absolute atomic E-state index is 0.0604. The maximum absolute atomic E-state index is 13.9. The van der Waals surface area contributed by atoms with Crippen LogP contribution in [-0.4, -0.2) is 33.9 Å². The van der Waals surface area contributed by atoms with Crippen molar-refractivity contribution in [3.63, 3.8) is 0 Å². The molecule has 1 aliphatic rings. The fourth-order valence-electron chi connectivity index (χ4n) is 4.03. The van der Waals surface area contributed by atoms with Crippen molar-refractivity contribution < 1.29 is 9.18 Å². The third-order valence-corrected chi connectivity index (χ3v) is 5.39. The zero-order chi connectivity index (χ0) is 21.1. The Morgan fingerprint density at radius 3 is 2.67 bits per heavy atom. The van der Waals surface area contributed by atoms with Gasteiger partial charge < -0.3 is 10.2 Å². The normalized spacial score (nSPS) is 16.4. The minimum Gasteiger partial charge on any atom is -0.338 e. The van der Waals surface area contributed by atoms with E-state index in [0.717, 1.165) is 41.8 Å². The van der Waals surface area contributed by atoms with Crippen LogP contribution in [0.2, 0.25) is 0 Å². The second-order valence-corrected chi connectivity index (χ2v) is 7.88. The van der Waals surface area contributed by atoms with Crippen molar-refractivity contribution in [2.24, 2.45) is 0 Å². The number of halogens is 1. The van der Waals surface area contributed by atoms with E-state index in [9.17, 15) is 9.18 Å². The van der Waals surface area contributed by atoms with Crippen LogP contribution in [0.1, 0.15) is 45.9 Å². The van der Waals surface area contributed by atoms with E-state index in [2.05, 4.69) is 21.4 Å². The van der Waals surface area contributed by atoms with Crippen molar-refractivity contribution in [3.8, 4) is 0 Å². The number of aryl methyl sites for hydroxylation is 2. The lowest BCUT2D eigenvalue weighted by Crippen LogP contribution is -2.39. The van der Waals surface area contributed by atoms with E-state index >= 15 is 0 Å². The zero-order valence-electron chi connectivity index (χ0n) is 17.2. The summed E-state index contributed by atoms with van der Waals surface area (Å²) in [5.41, 5.74) is 4.11. The largest absolute Gasteiger partial charge is 0.338 e. The second-order valence-electron chi connectivity index (χ2n) is 7.88. The standard InChI is InChI=1S/C24H25FN4O/c1-16-12-17(2)14-19(13-16)23(30)29-11-5-6-18(15-29)21-9-10-26-24(27-21)28-22-8-4-3-7-20(22)25/h3-4,7-10,12-14,18H,5-6,11,15H2,1-2H3,(H,26,27,28). The lowest BCUT2D eigenvalue weighted by molar-refractivity contribution is 0.0705. The van der Waals surface area contributed by atoms with E-state index in [-0.39, 0.29) is 17.6 Å². The summed E-state index contributed by atoms with van der Waals surface area (Å²) in [6, 6.07) is 14.3. The average molecular weight is 404 g/mol. The van der Waals surface area contributed by atoms with Crippen LogP contribution >= 0.6 is 0 Å². The molecule has 0 bridgehead atoms. The highest BCUT2D eigenvalue weighted by molar-refractivity contribution is 5.94. The Bertz CT molecular complexity index is 1050. The Labute approximate surface area is 176 Å². The van der Waals surface area contributed by atoms with Gasteiger partial charge in [0.2, 0.25) is 5.95 Å². The fourth-order valence-corrected chi connectivity index (χ4v) is 4.03. The molecule has 30 heavy (non-hydrogen) atoms. The van der Waals surface area contributed by atoms with Crippen molar-refractivity contribution >= 4 is 17.5 Å². The number of para-hydroxylation sites is 1. The number of rotatable bonds is 4. The van der Waals surface area contributed by atoms with E-state index in [1.54, 1.807) is 24.4 Å². The molecule has 1 N–H and O–H groups in total. The molecule has 4 rings (SSSR count). The van der Waals surface area contributed by atoms with Gasteiger partial charge in [-0.3, -0.25) is 4.79 Å². The van der Waals surface area contributed by atoms with Gasteiger partial charge in [0.15, 0.2) is 0 Å². The molecular weight excluding hydrogens is 379 g/mol. The van der Waals surface area contributed by atoms with Gasteiger partial charge in [-0.05, 0) is 57.0 Å². The summed E-state index contributed by atoms with van der Waals surface area (Å²) in [6.45, 7) is 5.37. The van der Waals surface area contributed by atoms with Gasteiger partial charge in [0, 0.05) is 30.8 Å². The molecule has 2 heterocycles. The van der Waals surface area contributed by atoms with E-state index in [1.165, 1.54) is 6.07 Å². The van der Waals surface area contributed by atoms with Gasteiger partial charge in [-0.2, -0.15) is 0 Å². The molecule has 3 aromatic rings. The molecular formula is C24H25FN4O. The Morgan fingerprint density at radius 2 is 1.90 bits per heavy atom. The van der Waals surface area contributed by atoms with E-state index in [1.807, 2.05) is 36.9 Å². The summed E-state index contributed by atoms with van der Waals surface area (Å²) in [5.74, 6) is 0.188. The van der Waals surface area contributed by atoms with Gasteiger partial charge in [0.05, 0.1) is 11.4 Å². The molecule has 154 valence electrons. The third-order valence-electron chi connectivity index (χ3n) is 5.39. The molecule has 1 unspecified atom stereocenters. The number of piperidine rings is 1. The maximum atomic E-state index is 13.9. The Morgan fingerprint density at radius 1 is 1.13 bits per heavy atom. The molecule has 0 spiro atoms. The predicted octanol–water partition coefficient (Wildman–Crippen LogP) is 5.00. The van der Waals surface area contributed by atoms with Crippen molar-refractivity contribution in [1.82, 2.24) is 14.9 Å². The van der Waals surface area contributed by atoms with E-state index in [0.29, 0.717) is 18.2 Å². The molecule has 1 aliphatic heterocycles. The quantitative estimate of drug-likeness (QED) is 0.665. The molecule has 0 aliphatic carbocycles. The van der Waals surface area contributed by atoms with Crippen molar-refractivity contribution in [2.75, 3.05) is 18.4 Å². The van der Waals surface area contributed by atoms with Gasteiger partial charge in [-0.1, -0.05) is 29.3 Å². The lowest BCUT2D eigenvalue weighted by Gasteiger charge is -2.32. The molecule has 2 aromatic carbocycles. The topological polar surface area (TPSA) is 58.1 Å². The zero-order valence-corrected chi connectivity index (χ0v) is 17.2. The number of anilines is 2. The van der Waals surface area contributed by atoms with Gasteiger partial charge in [-0.15, -0.1) is 0 Å². The highest BCUT2D eigenvalue weighted by atomic mass is 19.1. The molecule has 1 amide bonds. The monoisotopic (exact) mass is 404 g/mol. The molecule has 0 radical (unpaired) electrons. The highest BCUT2D eigenvalue weighted by Crippen LogP contribution is 2.28. The molecule has 6 heteroatoms. The number of benzene rings is 2. The number of carbonyl (C=O) groups is 1. The van der Waals surface area contributed by atoms with Crippen LogP contribution in [0, 0.1) is 19.7 Å². The molecule has 1 saturated heterocycles. The van der Waals surface area contributed by atoms with Crippen LogP contribution in [-0.2, 0) is 0 Å². The lowest BCUT2D eigenvalue weighted by atomic mass is 9.94. The summed E-state index contributed by atoms with van der Waals surface area (Å²) in [5, 5.41) is 2.95. The molecule has 0 saturated carbocycles. The Kier molecular flexibility index (Phi) is 5.74. The van der Waals surface area contributed by atoms with Crippen LogP contribution in [0.4, 0.5) is 16.0 Å². The Balaban J connectivity index is 1.50. The summed E-state index contributed by atoms with van der Waals surface area (Å²) in [7, 11) is 0. The van der Waals surface area contributed by atoms with E-state index < -0.39 is 0 Å². The van der Waals surface area contributed by atoms with Crippen molar-refractivity contribution in [3.05, 3.63) is 82.9 Å². The third kappa shape index (κ3) is 4.48. The number of amides is 1. The summed E-state index contributed by atoms with van der Waals surface area (Å²) in [4.78, 5) is 23.8. The minimum atomic E-state index is -0.352. The number of carbonyl (C=O) groups excluding carboxylic acids is 1. The fraction of sp³-hybridized carbons (Fsp3) is 0.292. The number of likely N-dealkylation sites (tertiary alicyclic amines) is 1. The number of aromatic nitrogens is 2. The first-order valence-corrected chi connectivity index (χ1v) is 10.2. The van der Waals surface area contributed by atoms with Gasteiger partial charge >= 0.3 is 0 Å².